The Kier molecular flexibility index (Phi) is 6.18. The van der Waals surface area contributed by atoms with Gasteiger partial charge in [-0.05, 0) is 63.0 Å². The molecule has 0 amide bonds. The van der Waals surface area contributed by atoms with E-state index in [0.29, 0.717) is 0 Å². The van der Waals surface area contributed by atoms with E-state index in [4.69, 9.17) is 9.97 Å². The lowest BCUT2D eigenvalue weighted by atomic mass is 9.90. The molecule has 2 aromatic heterocycles. The fraction of sp³-hybridized carbons (Fsp3) is 0. The lowest BCUT2D eigenvalue weighted by molar-refractivity contribution is 1.10. The minimum Gasteiger partial charge on any atom is -0.292 e. The van der Waals surface area contributed by atoms with Crippen LogP contribution in [0.5, 0.6) is 0 Å². The average molecular weight is 624 g/mol. The van der Waals surface area contributed by atoms with E-state index < -0.39 is 0 Å². The number of rotatable bonds is 4. The van der Waals surface area contributed by atoms with Crippen molar-refractivity contribution in [1.29, 1.82) is 0 Å². The summed E-state index contributed by atoms with van der Waals surface area (Å²) in [5, 5.41) is 8.63. The van der Waals surface area contributed by atoms with Gasteiger partial charge in [-0.2, -0.15) is 0 Å². The third kappa shape index (κ3) is 4.37. The maximum Gasteiger partial charge on any atom is 0.145 e. The first kappa shape index (κ1) is 27.5. The van der Waals surface area contributed by atoms with E-state index in [1.165, 1.54) is 37.7 Å². The molecule has 2 heterocycles. The van der Waals surface area contributed by atoms with Gasteiger partial charge in [0.25, 0.3) is 0 Å². The van der Waals surface area contributed by atoms with Gasteiger partial charge in [-0.15, -0.1) is 0 Å². The van der Waals surface area contributed by atoms with E-state index in [0.717, 1.165) is 56.0 Å². The van der Waals surface area contributed by atoms with Crippen molar-refractivity contribution in [1.82, 2.24) is 14.5 Å². The van der Waals surface area contributed by atoms with Crippen LogP contribution in [0, 0.1) is 0 Å². The highest BCUT2D eigenvalue weighted by Crippen LogP contribution is 2.43. The van der Waals surface area contributed by atoms with Crippen LogP contribution in [-0.2, 0) is 0 Å². The van der Waals surface area contributed by atoms with Gasteiger partial charge in [-0.25, -0.2) is 9.97 Å². The Hall–Kier alpha value is -6.58. The van der Waals surface area contributed by atoms with Crippen LogP contribution >= 0.6 is 0 Å². The SMILES string of the molecule is c1ccc(-c2nc3ccccc3n2-c2cccc(-c3ccc(-c4nc5ccccc5c5c6ccccc6c6ccccc6c45)cc3)c2)cc1. The van der Waals surface area contributed by atoms with Gasteiger partial charge < -0.3 is 0 Å². The molecule has 0 radical (unpaired) electrons. The largest absolute Gasteiger partial charge is 0.292 e. The molecule has 228 valence electrons. The normalized spacial score (nSPS) is 11.7. The van der Waals surface area contributed by atoms with Crippen molar-refractivity contribution < 1.29 is 0 Å². The topological polar surface area (TPSA) is 30.7 Å². The van der Waals surface area contributed by atoms with Crippen molar-refractivity contribution >= 4 is 54.3 Å². The molecule has 10 aromatic rings. The molecule has 0 spiro atoms. The molecule has 0 saturated heterocycles. The van der Waals surface area contributed by atoms with Crippen molar-refractivity contribution in [2.75, 3.05) is 0 Å². The standard InChI is InChI=1S/C46H29N3/c1-2-13-32(14-3-1)46-48-41-23-10-11-24-42(41)49(46)34-16-12-15-33(29-34)30-25-27-31(28-26-30)45-44-38-20-7-5-18-36(38)35-17-4-6-19-37(35)43(44)39-21-8-9-22-40(39)47-45/h1-29H. The first-order valence-electron chi connectivity index (χ1n) is 16.7. The smallest absolute Gasteiger partial charge is 0.145 e. The van der Waals surface area contributed by atoms with Gasteiger partial charge in [0, 0.05) is 33.0 Å². The summed E-state index contributed by atoms with van der Waals surface area (Å²) < 4.78 is 2.27. The van der Waals surface area contributed by atoms with Crippen molar-refractivity contribution in [2.24, 2.45) is 0 Å². The number of aromatic nitrogens is 3. The predicted octanol–water partition coefficient (Wildman–Crippen LogP) is 12.0. The quantitative estimate of drug-likeness (QED) is 0.183. The molecule has 49 heavy (non-hydrogen) atoms. The average Bonchev–Trinajstić information content (AvgIpc) is 3.58. The summed E-state index contributed by atoms with van der Waals surface area (Å²) in [5.41, 5.74) is 9.64. The van der Waals surface area contributed by atoms with Crippen molar-refractivity contribution in [3.63, 3.8) is 0 Å². The third-order valence-electron chi connectivity index (χ3n) is 9.76. The molecule has 0 bridgehead atoms. The van der Waals surface area contributed by atoms with Crippen LogP contribution in [0.4, 0.5) is 0 Å². The maximum atomic E-state index is 5.34. The lowest BCUT2D eigenvalue weighted by Crippen LogP contribution is -1.98. The Bertz CT molecular complexity index is 2870. The highest BCUT2D eigenvalue weighted by Gasteiger charge is 2.18. The van der Waals surface area contributed by atoms with E-state index >= 15 is 0 Å². The van der Waals surface area contributed by atoms with Crippen LogP contribution in [-0.4, -0.2) is 14.5 Å². The number of hydrogen-bond acceptors (Lipinski definition) is 2. The number of para-hydroxylation sites is 3. The summed E-state index contributed by atoms with van der Waals surface area (Å²) in [7, 11) is 0. The molecule has 0 atom stereocenters. The summed E-state index contributed by atoms with van der Waals surface area (Å²) >= 11 is 0. The number of imidazole rings is 1. The molecular weight excluding hydrogens is 595 g/mol. The second-order valence-corrected chi connectivity index (χ2v) is 12.6. The summed E-state index contributed by atoms with van der Waals surface area (Å²) in [4.78, 5) is 10.4. The van der Waals surface area contributed by atoms with Crippen LogP contribution in [0.15, 0.2) is 176 Å². The Morgan fingerprint density at radius 2 is 0.918 bits per heavy atom. The molecule has 0 N–H and O–H groups in total. The molecule has 0 unspecified atom stereocenters. The summed E-state index contributed by atoms with van der Waals surface area (Å²) in [6.07, 6.45) is 0. The molecule has 8 aromatic carbocycles. The molecule has 0 fully saturated rings. The van der Waals surface area contributed by atoms with Crippen molar-refractivity contribution in [2.45, 2.75) is 0 Å². The van der Waals surface area contributed by atoms with E-state index in [1.807, 2.05) is 12.1 Å². The Morgan fingerprint density at radius 1 is 0.347 bits per heavy atom. The van der Waals surface area contributed by atoms with Gasteiger partial charge in [0.15, 0.2) is 0 Å². The minimum absolute atomic E-state index is 0.934. The Balaban J connectivity index is 1.14. The molecule has 0 aliphatic rings. The van der Waals surface area contributed by atoms with Gasteiger partial charge in [-0.3, -0.25) is 4.57 Å². The van der Waals surface area contributed by atoms with Gasteiger partial charge in [0.05, 0.1) is 22.2 Å². The van der Waals surface area contributed by atoms with Crippen LogP contribution in [0.2, 0.25) is 0 Å². The number of nitrogens with zero attached hydrogens (tertiary/aromatic N) is 3. The van der Waals surface area contributed by atoms with E-state index in [9.17, 15) is 0 Å². The summed E-state index contributed by atoms with van der Waals surface area (Å²) in [6.45, 7) is 0. The maximum absolute atomic E-state index is 5.34. The van der Waals surface area contributed by atoms with E-state index in [1.54, 1.807) is 0 Å². The number of hydrogen-bond donors (Lipinski definition) is 0. The second-order valence-electron chi connectivity index (χ2n) is 12.6. The van der Waals surface area contributed by atoms with Gasteiger partial charge in [0.2, 0.25) is 0 Å². The molecule has 0 aliphatic heterocycles. The van der Waals surface area contributed by atoms with Crippen LogP contribution < -0.4 is 0 Å². The zero-order chi connectivity index (χ0) is 32.3. The van der Waals surface area contributed by atoms with E-state index in [2.05, 4.69) is 168 Å². The highest BCUT2D eigenvalue weighted by atomic mass is 15.1. The Labute approximate surface area is 283 Å². The molecule has 0 aliphatic carbocycles. The fourth-order valence-corrected chi connectivity index (χ4v) is 7.55. The summed E-state index contributed by atoms with van der Waals surface area (Å²) in [5.74, 6) is 0.934. The van der Waals surface area contributed by atoms with Crippen LogP contribution in [0.1, 0.15) is 0 Å². The molecular formula is C46H29N3. The monoisotopic (exact) mass is 623 g/mol. The fourth-order valence-electron chi connectivity index (χ4n) is 7.55. The molecule has 10 rings (SSSR count). The zero-order valence-electron chi connectivity index (χ0n) is 26.6. The van der Waals surface area contributed by atoms with Gasteiger partial charge in [-0.1, -0.05) is 146 Å². The number of benzene rings is 8. The van der Waals surface area contributed by atoms with E-state index in [-0.39, 0.29) is 0 Å². The summed E-state index contributed by atoms with van der Waals surface area (Å²) in [6, 6.07) is 62.5. The Morgan fingerprint density at radius 3 is 1.67 bits per heavy atom. The van der Waals surface area contributed by atoms with Crippen molar-refractivity contribution in [3.8, 4) is 39.5 Å². The molecule has 3 nitrogen and oxygen atoms in total. The number of pyridine rings is 1. The second kappa shape index (κ2) is 11.0. The van der Waals surface area contributed by atoms with Gasteiger partial charge in [0.1, 0.15) is 5.82 Å². The first-order chi connectivity index (χ1) is 24.3. The predicted molar refractivity (Wildman–Crippen MR) is 205 cm³/mol. The number of fused-ring (bicyclic) bond motifs is 9. The first-order valence-corrected chi connectivity index (χ1v) is 16.7. The minimum atomic E-state index is 0.934. The highest BCUT2D eigenvalue weighted by molar-refractivity contribution is 6.33. The van der Waals surface area contributed by atoms with Crippen LogP contribution in [0.25, 0.3) is 93.7 Å². The van der Waals surface area contributed by atoms with Gasteiger partial charge >= 0.3 is 0 Å². The zero-order valence-corrected chi connectivity index (χ0v) is 26.6. The molecule has 3 heteroatoms. The van der Waals surface area contributed by atoms with Crippen molar-refractivity contribution in [3.05, 3.63) is 176 Å². The molecule has 0 saturated carbocycles. The third-order valence-corrected chi connectivity index (χ3v) is 9.76. The lowest BCUT2D eigenvalue weighted by Gasteiger charge is -2.16. The van der Waals surface area contributed by atoms with Crippen LogP contribution in [0.3, 0.4) is 0 Å².